The first-order valence-electron chi connectivity index (χ1n) is 9.27. The van der Waals surface area contributed by atoms with Crippen molar-refractivity contribution in [1.82, 2.24) is 20.2 Å². The molecule has 27 heavy (non-hydrogen) atoms. The molecule has 0 saturated carbocycles. The minimum atomic E-state index is 0.458. The van der Waals surface area contributed by atoms with Crippen LogP contribution in [0.15, 0.2) is 64.5 Å². The number of thiophene rings is 1. The van der Waals surface area contributed by atoms with Crippen LogP contribution in [0.2, 0.25) is 0 Å². The third-order valence-corrected chi connectivity index (χ3v) is 5.25. The van der Waals surface area contributed by atoms with Crippen LogP contribution in [0.4, 0.5) is 0 Å². The van der Waals surface area contributed by atoms with Gasteiger partial charge in [-0.15, -0.1) is 0 Å². The monoisotopic (exact) mass is 381 g/mol. The van der Waals surface area contributed by atoms with Crippen molar-refractivity contribution < 1.29 is 0 Å². The van der Waals surface area contributed by atoms with Gasteiger partial charge in [-0.05, 0) is 33.9 Å². The SMILES string of the molecule is CN=C(NCCc1nccn1Cc1ccccc1)NCC(C)c1ccsc1. The molecule has 0 spiro atoms. The molecule has 0 aliphatic heterocycles. The van der Waals surface area contributed by atoms with E-state index in [0.29, 0.717) is 5.92 Å². The van der Waals surface area contributed by atoms with Gasteiger partial charge in [0.15, 0.2) is 5.96 Å². The van der Waals surface area contributed by atoms with Crippen molar-refractivity contribution >= 4 is 17.3 Å². The average molecular weight is 382 g/mol. The van der Waals surface area contributed by atoms with Crippen LogP contribution in [0.25, 0.3) is 0 Å². The molecule has 0 aliphatic rings. The van der Waals surface area contributed by atoms with Crippen LogP contribution in [0.5, 0.6) is 0 Å². The second-order valence-corrected chi connectivity index (χ2v) is 7.32. The smallest absolute Gasteiger partial charge is 0.191 e. The number of rotatable bonds is 8. The zero-order chi connectivity index (χ0) is 18.9. The van der Waals surface area contributed by atoms with Crippen molar-refractivity contribution in [2.24, 2.45) is 4.99 Å². The zero-order valence-electron chi connectivity index (χ0n) is 15.9. The Kier molecular flexibility index (Phi) is 7.04. The van der Waals surface area contributed by atoms with Gasteiger partial charge in [0.2, 0.25) is 0 Å². The van der Waals surface area contributed by atoms with Gasteiger partial charge in [-0.1, -0.05) is 37.3 Å². The maximum absolute atomic E-state index is 4.51. The Morgan fingerprint density at radius 1 is 1.22 bits per heavy atom. The lowest BCUT2D eigenvalue weighted by Gasteiger charge is -2.15. The first-order valence-corrected chi connectivity index (χ1v) is 10.2. The van der Waals surface area contributed by atoms with Gasteiger partial charge in [0, 0.05) is 45.5 Å². The summed E-state index contributed by atoms with van der Waals surface area (Å²) in [5.41, 5.74) is 2.65. The molecule has 1 aromatic carbocycles. The predicted octanol–water partition coefficient (Wildman–Crippen LogP) is 3.50. The second kappa shape index (κ2) is 9.92. The maximum atomic E-state index is 4.51. The Bertz CT molecular complexity index is 823. The van der Waals surface area contributed by atoms with E-state index in [1.54, 1.807) is 18.4 Å². The fourth-order valence-electron chi connectivity index (χ4n) is 2.93. The van der Waals surface area contributed by atoms with Crippen LogP contribution < -0.4 is 10.6 Å². The third kappa shape index (κ3) is 5.69. The number of nitrogens with one attached hydrogen (secondary N) is 2. The lowest BCUT2D eigenvalue weighted by molar-refractivity contribution is 0.678. The summed E-state index contributed by atoms with van der Waals surface area (Å²) in [6.45, 7) is 4.72. The van der Waals surface area contributed by atoms with Crippen LogP contribution in [-0.4, -0.2) is 35.6 Å². The minimum Gasteiger partial charge on any atom is -0.356 e. The summed E-state index contributed by atoms with van der Waals surface area (Å²) < 4.78 is 2.20. The quantitative estimate of drug-likeness (QED) is 0.464. The molecule has 5 nitrogen and oxygen atoms in total. The van der Waals surface area contributed by atoms with Crippen molar-refractivity contribution in [2.45, 2.75) is 25.8 Å². The van der Waals surface area contributed by atoms with E-state index >= 15 is 0 Å². The second-order valence-electron chi connectivity index (χ2n) is 6.54. The molecule has 0 amide bonds. The molecular weight excluding hydrogens is 354 g/mol. The largest absolute Gasteiger partial charge is 0.356 e. The molecule has 2 aromatic heterocycles. The maximum Gasteiger partial charge on any atom is 0.191 e. The Balaban J connectivity index is 1.45. The van der Waals surface area contributed by atoms with Crippen molar-refractivity contribution in [1.29, 1.82) is 0 Å². The van der Waals surface area contributed by atoms with E-state index in [2.05, 4.69) is 73.2 Å². The summed E-state index contributed by atoms with van der Waals surface area (Å²) in [7, 11) is 1.81. The molecule has 2 N–H and O–H groups in total. The van der Waals surface area contributed by atoms with E-state index in [-0.39, 0.29) is 0 Å². The molecule has 1 unspecified atom stereocenters. The fraction of sp³-hybridized carbons (Fsp3) is 0.333. The molecule has 0 bridgehead atoms. The summed E-state index contributed by atoms with van der Waals surface area (Å²) in [6.07, 6.45) is 4.76. The van der Waals surface area contributed by atoms with Crippen molar-refractivity contribution in [2.75, 3.05) is 20.1 Å². The molecule has 142 valence electrons. The minimum absolute atomic E-state index is 0.458. The van der Waals surface area contributed by atoms with Crippen LogP contribution in [0.1, 0.15) is 29.8 Å². The highest BCUT2D eigenvalue weighted by atomic mass is 32.1. The first-order chi connectivity index (χ1) is 13.3. The van der Waals surface area contributed by atoms with E-state index in [1.165, 1.54) is 11.1 Å². The number of benzene rings is 1. The van der Waals surface area contributed by atoms with E-state index in [9.17, 15) is 0 Å². The summed E-state index contributed by atoms with van der Waals surface area (Å²) in [5, 5.41) is 11.1. The van der Waals surface area contributed by atoms with E-state index in [1.807, 2.05) is 18.5 Å². The van der Waals surface area contributed by atoms with Crippen LogP contribution in [0, 0.1) is 0 Å². The van der Waals surface area contributed by atoms with E-state index in [4.69, 9.17) is 0 Å². The van der Waals surface area contributed by atoms with Crippen molar-refractivity contribution in [3.63, 3.8) is 0 Å². The highest BCUT2D eigenvalue weighted by Crippen LogP contribution is 2.16. The number of guanidine groups is 1. The molecule has 0 saturated heterocycles. The molecule has 2 heterocycles. The topological polar surface area (TPSA) is 54.2 Å². The molecule has 0 radical (unpaired) electrons. The van der Waals surface area contributed by atoms with Crippen LogP contribution in [-0.2, 0) is 13.0 Å². The number of aromatic nitrogens is 2. The van der Waals surface area contributed by atoms with Crippen molar-refractivity contribution in [3.05, 3.63) is 76.5 Å². The van der Waals surface area contributed by atoms with Gasteiger partial charge in [0.05, 0.1) is 0 Å². The van der Waals surface area contributed by atoms with Gasteiger partial charge in [-0.3, -0.25) is 4.99 Å². The van der Waals surface area contributed by atoms with Crippen molar-refractivity contribution in [3.8, 4) is 0 Å². The number of hydrogen-bond acceptors (Lipinski definition) is 3. The van der Waals surface area contributed by atoms with Gasteiger partial charge in [0.1, 0.15) is 5.82 Å². The molecule has 0 fully saturated rings. The highest BCUT2D eigenvalue weighted by Gasteiger charge is 2.08. The van der Waals surface area contributed by atoms with Gasteiger partial charge >= 0.3 is 0 Å². The first kappa shape index (κ1) is 19.2. The molecule has 3 rings (SSSR count). The molecular formula is C21H27N5S. The molecule has 1 atom stereocenters. The standard InChI is InChI=1S/C21H27N5S/c1-17(19-9-13-27-16-19)14-25-21(22-2)24-10-8-20-23-11-12-26(20)15-18-6-4-3-5-7-18/h3-7,9,11-13,16-17H,8,10,14-15H2,1-2H3,(H2,22,24,25). The van der Waals surface area contributed by atoms with Gasteiger partial charge in [-0.25, -0.2) is 4.98 Å². The normalized spacial score (nSPS) is 12.7. The van der Waals surface area contributed by atoms with Crippen LogP contribution >= 0.6 is 11.3 Å². The predicted molar refractivity (Wildman–Crippen MR) is 114 cm³/mol. The third-order valence-electron chi connectivity index (χ3n) is 4.55. The number of imidazole rings is 1. The lowest BCUT2D eigenvalue weighted by Crippen LogP contribution is -2.40. The number of hydrogen-bond donors (Lipinski definition) is 2. The fourth-order valence-corrected chi connectivity index (χ4v) is 3.71. The summed E-state index contributed by atoms with van der Waals surface area (Å²) in [6, 6.07) is 12.6. The van der Waals surface area contributed by atoms with Gasteiger partial charge < -0.3 is 15.2 Å². The zero-order valence-corrected chi connectivity index (χ0v) is 16.7. The summed E-state index contributed by atoms with van der Waals surface area (Å²) in [4.78, 5) is 8.83. The molecule has 3 aromatic rings. The van der Waals surface area contributed by atoms with Crippen LogP contribution in [0.3, 0.4) is 0 Å². The summed E-state index contributed by atoms with van der Waals surface area (Å²) in [5.74, 6) is 2.37. The average Bonchev–Trinajstić information content (AvgIpc) is 3.37. The number of aliphatic imine (C=N–C) groups is 1. The Hall–Kier alpha value is -2.60. The molecule has 0 aliphatic carbocycles. The summed E-state index contributed by atoms with van der Waals surface area (Å²) >= 11 is 1.74. The lowest BCUT2D eigenvalue weighted by atomic mass is 10.1. The Labute approximate surface area is 165 Å². The van der Waals surface area contributed by atoms with E-state index < -0.39 is 0 Å². The Morgan fingerprint density at radius 2 is 2.07 bits per heavy atom. The van der Waals surface area contributed by atoms with Gasteiger partial charge in [-0.2, -0.15) is 11.3 Å². The number of nitrogens with zero attached hydrogens (tertiary/aromatic N) is 3. The Morgan fingerprint density at radius 3 is 2.81 bits per heavy atom. The molecule has 6 heteroatoms. The van der Waals surface area contributed by atoms with E-state index in [0.717, 1.165) is 37.8 Å². The highest BCUT2D eigenvalue weighted by molar-refractivity contribution is 7.07. The van der Waals surface area contributed by atoms with Gasteiger partial charge in [0.25, 0.3) is 0 Å².